The molecule has 1 unspecified atom stereocenters. The Morgan fingerprint density at radius 2 is 2.22 bits per heavy atom. The molecule has 23 heavy (non-hydrogen) atoms. The van der Waals surface area contributed by atoms with E-state index in [1.54, 1.807) is 13.0 Å². The molecule has 1 aromatic rings. The van der Waals surface area contributed by atoms with Crippen LogP contribution in [0.25, 0.3) is 6.08 Å². The van der Waals surface area contributed by atoms with E-state index in [0.29, 0.717) is 6.42 Å². The molecule has 0 radical (unpaired) electrons. The molecule has 0 aromatic carbocycles. The van der Waals surface area contributed by atoms with Crippen molar-refractivity contribution < 1.29 is 9.90 Å². The molecular weight excluding hydrogens is 290 g/mol. The summed E-state index contributed by atoms with van der Waals surface area (Å²) in [4.78, 5) is 12.1. The van der Waals surface area contributed by atoms with Gasteiger partial charge in [0.2, 0.25) is 0 Å². The molecular formula is C18H27N3O2. The maximum Gasteiger partial charge on any atom is 0.262 e. The van der Waals surface area contributed by atoms with E-state index in [-0.39, 0.29) is 18.2 Å². The Morgan fingerprint density at radius 1 is 1.52 bits per heavy atom. The summed E-state index contributed by atoms with van der Waals surface area (Å²) in [6, 6.07) is 3.82. The number of aryl methyl sites for hydroxylation is 1. The highest BCUT2D eigenvalue weighted by molar-refractivity contribution is 6.01. The lowest BCUT2D eigenvalue weighted by molar-refractivity contribution is -0.117. The van der Waals surface area contributed by atoms with Gasteiger partial charge in [0, 0.05) is 30.6 Å². The zero-order valence-electron chi connectivity index (χ0n) is 14.5. The molecule has 1 amide bonds. The van der Waals surface area contributed by atoms with Gasteiger partial charge in [0.25, 0.3) is 5.91 Å². The van der Waals surface area contributed by atoms with E-state index < -0.39 is 5.91 Å². The zero-order valence-corrected chi connectivity index (χ0v) is 14.5. The van der Waals surface area contributed by atoms with Gasteiger partial charge in [-0.1, -0.05) is 13.3 Å². The summed E-state index contributed by atoms with van der Waals surface area (Å²) < 4.78 is 2.22. The van der Waals surface area contributed by atoms with E-state index in [4.69, 9.17) is 5.11 Å². The first-order valence-electron chi connectivity index (χ1n) is 8.14. The lowest BCUT2D eigenvalue weighted by atomic mass is 10.1. The molecule has 0 saturated heterocycles. The summed E-state index contributed by atoms with van der Waals surface area (Å²) in [5, 5.41) is 20.9. The lowest BCUT2D eigenvalue weighted by Crippen LogP contribution is -2.33. The molecule has 0 saturated carbocycles. The van der Waals surface area contributed by atoms with Crippen molar-refractivity contribution in [3.8, 4) is 6.07 Å². The summed E-state index contributed by atoms with van der Waals surface area (Å²) >= 11 is 0. The number of nitrogens with zero attached hydrogens (tertiary/aromatic N) is 2. The molecule has 0 spiro atoms. The SMILES string of the molecule is CCCCn1c(C)cc(/C=C(/C#N)C(=O)NC(C)CCO)c1C. The molecule has 0 aliphatic rings. The molecule has 1 atom stereocenters. The minimum Gasteiger partial charge on any atom is -0.396 e. The minimum absolute atomic E-state index is 0.00559. The average Bonchev–Trinajstić information content (AvgIpc) is 2.76. The van der Waals surface area contributed by atoms with Crippen molar-refractivity contribution in [3.05, 3.63) is 28.6 Å². The molecule has 5 nitrogen and oxygen atoms in total. The number of hydrogen-bond donors (Lipinski definition) is 2. The summed E-state index contributed by atoms with van der Waals surface area (Å²) in [7, 11) is 0. The van der Waals surface area contributed by atoms with Crippen LogP contribution >= 0.6 is 0 Å². The minimum atomic E-state index is -0.396. The van der Waals surface area contributed by atoms with E-state index in [0.717, 1.165) is 36.3 Å². The lowest BCUT2D eigenvalue weighted by Gasteiger charge is -2.11. The van der Waals surface area contributed by atoms with Crippen molar-refractivity contribution in [3.63, 3.8) is 0 Å². The fourth-order valence-electron chi connectivity index (χ4n) is 2.51. The fraction of sp³-hybridized carbons (Fsp3) is 0.556. The maximum atomic E-state index is 12.1. The number of aliphatic hydroxyl groups is 1. The van der Waals surface area contributed by atoms with Gasteiger partial charge in [-0.15, -0.1) is 0 Å². The Hall–Kier alpha value is -2.06. The Morgan fingerprint density at radius 3 is 2.78 bits per heavy atom. The second-order valence-electron chi connectivity index (χ2n) is 5.89. The van der Waals surface area contributed by atoms with E-state index in [1.165, 1.54) is 0 Å². The van der Waals surface area contributed by atoms with Crippen LogP contribution in [0.15, 0.2) is 11.6 Å². The third kappa shape index (κ3) is 5.26. The first-order chi connectivity index (χ1) is 10.9. The molecule has 1 aromatic heterocycles. The molecule has 0 bridgehead atoms. The molecule has 2 N–H and O–H groups in total. The van der Waals surface area contributed by atoms with E-state index in [9.17, 15) is 10.1 Å². The van der Waals surface area contributed by atoms with Crippen LogP contribution in [-0.2, 0) is 11.3 Å². The fourth-order valence-corrected chi connectivity index (χ4v) is 2.51. The van der Waals surface area contributed by atoms with Gasteiger partial charge >= 0.3 is 0 Å². The molecule has 0 aliphatic heterocycles. The third-order valence-corrected chi connectivity index (χ3v) is 3.95. The number of nitrogens with one attached hydrogen (secondary N) is 1. The summed E-state index contributed by atoms with van der Waals surface area (Å²) in [5.74, 6) is -0.396. The Bertz CT molecular complexity index is 609. The van der Waals surface area contributed by atoms with Gasteiger partial charge in [0.1, 0.15) is 11.6 Å². The number of carbonyl (C=O) groups is 1. The van der Waals surface area contributed by atoms with Crippen LogP contribution in [-0.4, -0.2) is 28.2 Å². The summed E-state index contributed by atoms with van der Waals surface area (Å²) in [6.45, 7) is 8.96. The van der Waals surface area contributed by atoms with Crippen molar-refractivity contribution in [2.75, 3.05) is 6.61 Å². The molecule has 1 heterocycles. The second kappa shape index (κ2) is 9.16. The number of hydrogen-bond acceptors (Lipinski definition) is 3. The van der Waals surface area contributed by atoms with Crippen molar-refractivity contribution in [2.45, 2.75) is 59.5 Å². The van der Waals surface area contributed by atoms with Crippen molar-refractivity contribution in [1.82, 2.24) is 9.88 Å². The highest BCUT2D eigenvalue weighted by Gasteiger charge is 2.14. The van der Waals surface area contributed by atoms with Gasteiger partial charge in [-0.3, -0.25) is 4.79 Å². The molecule has 0 aliphatic carbocycles. The Balaban J connectivity index is 2.98. The Kier molecular flexibility index (Phi) is 7.56. The van der Waals surface area contributed by atoms with Crippen molar-refractivity contribution in [1.29, 1.82) is 5.26 Å². The largest absolute Gasteiger partial charge is 0.396 e. The molecule has 0 fully saturated rings. The topological polar surface area (TPSA) is 78.0 Å². The van der Waals surface area contributed by atoms with Gasteiger partial charge in [-0.25, -0.2) is 0 Å². The van der Waals surface area contributed by atoms with Gasteiger partial charge in [0.05, 0.1) is 0 Å². The van der Waals surface area contributed by atoms with Crippen LogP contribution < -0.4 is 5.32 Å². The van der Waals surface area contributed by atoms with Crippen LogP contribution in [0, 0.1) is 25.2 Å². The predicted octanol–water partition coefficient (Wildman–Crippen LogP) is 2.70. The first kappa shape index (κ1) is 19.0. The van der Waals surface area contributed by atoms with E-state index in [1.807, 2.05) is 26.0 Å². The number of rotatable bonds is 8. The zero-order chi connectivity index (χ0) is 17.4. The summed E-state index contributed by atoms with van der Waals surface area (Å²) in [5.41, 5.74) is 3.19. The van der Waals surface area contributed by atoms with Gasteiger partial charge in [0.15, 0.2) is 0 Å². The monoisotopic (exact) mass is 317 g/mol. The highest BCUT2D eigenvalue weighted by Crippen LogP contribution is 2.19. The maximum absolute atomic E-state index is 12.1. The molecule has 1 rings (SSSR count). The van der Waals surface area contributed by atoms with Gasteiger partial charge < -0.3 is 15.0 Å². The smallest absolute Gasteiger partial charge is 0.262 e. The van der Waals surface area contributed by atoms with Gasteiger partial charge in [-0.05, 0) is 51.3 Å². The highest BCUT2D eigenvalue weighted by atomic mass is 16.3. The Labute approximate surface area is 138 Å². The van der Waals surface area contributed by atoms with E-state index in [2.05, 4.69) is 16.8 Å². The van der Waals surface area contributed by atoms with Crippen LogP contribution in [0.5, 0.6) is 0 Å². The second-order valence-corrected chi connectivity index (χ2v) is 5.89. The summed E-state index contributed by atoms with van der Waals surface area (Å²) in [6.07, 6.45) is 4.34. The van der Waals surface area contributed by atoms with Crippen LogP contribution in [0.3, 0.4) is 0 Å². The quantitative estimate of drug-likeness (QED) is 0.571. The van der Waals surface area contributed by atoms with Crippen molar-refractivity contribution in [2.24, 2.45) is 0 Å². The number of nitriles is 1. The van der Waals surface area contributed by atoms with Crippen LogP contribution in [0.4, 0.5) is 0 Å². The van der Waals surface area contributed by atoms with Crippen molar-refractivity contribution >= 4 is 12.0 Å². The molecule has 126 valence electrons. The third-order valence-electron chi connectivity index (χ3n) is 3.95. The number of aliphatic hydroxyl groups excluding tert-OH is 1. The number of aromatic nitrogens is 1. The predicted molar refractivity (Wildman–Crippen MR) is 91.7 cm³/mol. The van der Waals surface area contributed by atoms with E-state index >= 15 is 0 Å². The first-order valence-corrected chi connectivity index (χ1v) is 8.14. The average molecular weight is 317 g/mol. The molecule has 5 heteroatoms. The van der Waals surface area contributed by atoms with Crippen LogP contribution in [0.1, 0.15) is 50.1 Å². The normalized spacial score (nSPS) is 12.8. The number of carbonyl (C=O) groups excluding carboxylic acids is 1. The standard InChI is InChI=1S/C18H27N3O2/c1-5-6-8-21-14(3)10-16(15(21)4)11-17(12-19)18(23)20-13(2)7-9-22/h10-11,13,22H,5-9H2,1-4H3,(H,20,23)/b17-11-. The number of unbranched alkanes of at least 4 members (excludes halogenated alkanes) is 1. The number of amides is 1. The van der Waals surface area contributed by atoms with Gasteiger partial charge in [-0.2, -0.15) is 5.26 Å². The van der Waals surface area contributed by atoms with Crippen LogP contribution in [0.2, 0.25) is 0 Å².